The van der Waals surface area contributed by atoms with Crippen LogP contribution in [0.5, 0.6) is 5.75 Å². The van der Waals surface area contributed by atoms with E-state index in [4.69, 9.17) is 4.74 Å². The van der Waals surface area contributed by atoms with Crippen molar-refractivity contribution in [1.82, 2.24) is 9.21 Å². The Bertz CT molecular complexity index is 695. The number of aryl methyl sites for hydroxylation is 1. The quantitative estimate of drug-likeness (QED) is 0.773. The number of amides is 1. The molecule has 1 heterocycles. The van der Waals surface area contributed by atoms with Gasteiger partial charge in [0.25, 0.3) is 0 Å². The van der Waals surface area contributed by atoms with Gasteiger partial charge in [-0.3, -0.25) is 4.79 Å². The molecule has 2 rings (SSSR count). The fourth-order valence-corrected chi connectivity index (χ4v) is 4.18. The first kappa shape index (κ1) is 19.7. The molecular weight excluding hydrogens is 340 g/mol. The SMILES string of the molecule is CCOc1ccc(S(=O)(=O)N(C)CC(=O)N2CCCCCC2)cc1C. The van der Waals surface area contributed by atoms with Crippen LogP contribution in [0.1, 0.15) is 38.2 Å². The second-order valence-corrected chi connectivity index (χ2v) is 8.46. The lowest BCUT2D eigenvalue weighted by Crippen LogP contribution is -2.41. The summed E-state index contributed by atoms with van der Waals surface area (Å²) in [6.45, 7) is 5.52. The number of sulfonamides is 1. The van der Waals surface area contributed by atoms with Gasteiger partial charge in [0.15, 0.2) is 0 Å². The summed E-state index contributed by atoms with van der Waals surface area (Å²) < 4.78 is 32.1. The molecule has 0 N–H and O–H groups in total. The Hall–Kier alpha value is -1.60. The second-order valence-electron chi connectivity index (χ2n) is 6.42. The van der Waals surface area contributed by atoms with Crippen molar-refractivity contribution in [1.29, 1.82) is 0 Å². The molecule has 1 fully saturated rings. The summed E-state index contributed by atoms with van der Waals surface area (Å²) in [6, 6.07) is 4.78. The number of hydrogen-bond acceptors (Lipinski definition) is 4. The van der Waals surface area contributed by atoms with Crippen LogP contribution in [0.25, 0.3) is 0 Å². The molecule has 1 amide bonds. The van der Waals surface area contributed by atoms with Crippen LogP contribution in [0.15, 0.2) is 23.1 Å². The maximum Gasteiger partial charge on any atom is 0.243 e. The van der Waals surface area contributed by atoms with Crippen molar-refractivity contribution in [2.75, 3.05) is 33.3 Å². The van der Waals surface area contributed by atoms with Crippen molar-refractivity contribution in [3.05, 3.63) is 23.8 Å². The fraction of sp³-hybridized carbons (Fsp3) is 0.611. The van der Waals surface area contributed by atoms with Crippen LogP contribution < -0.4 is 4.74 Å². The van der Waals surface area contributed by atoms with E-state index < -0.39 is 10.0 Å². The maximum absolute atomic E-state index is 12.8. The van der Waals surface area contributed by atoms with E-state index in [1.807, 2.05) is 13.8 Å². The summed E-state index contributed by atoms with van der Waals surface area (Å²) in [7, 11) is -2.25. The molecule has 0 bridgehead atoms. The van der Waals surface area contributed by atoms with Gasteiger partial charge in [0.2, 0.25) is 15.9 Å². The Morgan fingerprint density at radius 1 is 1.20 bits per heavy atom. The lowest BCUT2D eigenvalue weighted by Gasteiger charge is -2.24. The van der Waals surface area contributed by atoms with E-state index in [0.717, 1.165) is 48.6 Å². The maximum atomic E-state index is 12.8. The molecule has 0 unspecified atom stereocenters. The predicted molar refractivity (Wildman–Crippen MR) is 97.2 cm³/mol. The number of carbonyl (C=O) groups is 1. The van der Waals surface area contributed by atoms with Crippen LogP contribution >= 0.6 is 0 Å². The van der Waals surface area contributed by atoms with Crippen molar-refractivity contribution in [2.24, 2.45) is 0 Å². The number of ether oxygens (including phenoxy) is 1. The van der Waals surface area contributed by atoms with Gasteiger partial charge in [0.05, 0.1) is 18.0 Å². The van der Waals surface area contributed by atoms with E-state index >= 15 is 0 Å². The first-order valence-electron chi connectivity index (χ1n) is 8.84. The number of likely N-dealkylation sites (tertiary alicyclic amines) is 1. The van der Waals surface area contributed by atoms with Crippen LogP contribution in [0.2, 0.25) is 0 Å². The summed E-state index contributed by atoms with van der Waals surface area (Å²) in [5.41, 5.74) is 0.759. The molecule has 0 aromatic heterocycles. The predicted octanol–water partition coefficient (Wildman–Crippen LogP) is 2.42. The Kier molecular flexibility index (Phi) is 6.84. The van der Waals surface area contributed by atoms with Gasteiger partial charge in [-0.15, -0.1) is 0 Å². The average Bonchev–Trinajstić information content (AvgIpc) is 2.86. The van der Waals surface area contributed by atoms with Crippen molar-refractivity contribution >= 4 is 15.9 Å². The molecule has 0 atom stereocenters. The largest absolute Gasteiger partial charge is 0.494 e. The summed E-state index contributed by atoms with van der Waals surface area (Å²) in [4.78, 5) is 14.4. The summed E-state index contributed by atoms with van der Waals surface area (Å²) in [5, 5.41) is 0. The first-order valence-corrected chi connectivity index (χ1v) is 10.3. The minimum atomic E-state index is -3.71. The molecule has 7 heteroatoms. The van der Waals surface area contributed by atoms with Gasteiger partial charge in [0.1, 0.15) is 5.75 Å². The normalized spacial score (nSPS) is 15.9. The molecule has 6 nitrogen and oxygen atoms in total. The third kappa shape index (κ3) is 4.95. The molecule has 1 aromatic carbocycles. The lowest BCUT2D eigenvalue weighted by molar-refractivity contribution is -0.131. The van der Waals surface area contributed by atoms with Crippen molar-refractivity contribution < 1.29 is 17.9 Å². The van der Waals surface area contributed by atoms with E-state index in [0.29, 0.717) is 12.4 Å². The number of hydrogen-bond donors (Lipinski definition) is 0. The van der Waals surface area contributed by atoms with Crippen LogP contribution in [-0.4, -0.2) is 56.8 Å². The molecule has 1 aliphatic rings. The number of carbonyl (C=O) groups excluding carboxylic acids is 1. The molecule has 1 saturated heterocycles. The lowest BCUT2D eigenvalue weighted by atomic mass is 10.2. The van der Waals surface area contributed by atoms with Crippen molar-refractivity contribution in [2.45, 2.75) is 44.4 Å². The first-order chi connectivity index (χ1) is 11.9. The number of likely N-dealkylation sites (N-methyl/N-ethyl adjacent to an activating group) is 1. The molecule has 25 heavy (non-hydrogen) atoms. The standard InChI is InChI=1S/C18H28N2O4S/c1-4-24-17-10-9-16(13-15(17)2)25(22,23)19(3)14-18(21)20-11-7-5-6-8-12-20/h9-10,13H,4-8,11-12,14H2,1-3H3. The summed E-state index contributed by atoms with van der Waals surface area (Å²) in [6.07, 6.45) is 4.23. The van der Waals surface area contributed by atoms with E-state index in [-0.39, 0.29) is 17.3 Å². The molecular formula is C18H28N2O4S. The van der Waals surface area contributed by atoms with Gasteiger partial charge < -0.3 is 9.64 Å². The van der Waals surface area contributed by atoms with Gasteiger partial charge >= 0.3 is 0 Å². The molecule has 1 aromatic rings. The molecule has 0 radical (unpaired) electrons. The third-order valence-electron chi connectivity index (χ3n) is 4.47. The monoisotopic (exact) mass is 368 g/mol. The third-order valence-corrected chi connectivity index (χ3v) is 6.27. The van der Waals surface area contributed by atoms with Crippen LogP contribution in [-0.2, 0) is 14.8 Å². The van der Waals surface area contributed by atoms with Crippen molar-refractivity contribution in [3.63, 3.8) is 0 Å². The number of rotatable bonds is 6. The minimum Gasteiger partial charge on any atom is -0.494 e. The Morgan fingerprint density at radius 2 is 1.84 bits per heavy atom. The Balaban J connectivity index is 2.10. The Labute approximate surface area is 150 Å². The molecule has 1 aliphatic heterocycles. The van der Waals surface area contributed by atoms with E-state index in [1.165, 1.54) is 13.1 Å². The smallest absolute Gasteiger partial charge is 0.243 e. The topological polar surface area (TPSA) is 66.9 Å². The minimum absolute atomic E-state index is 0.129. The van der Waals surface area contributed by atoms with Gasteiger partial charge in [-0.05, 0) is 50.5 Å². The summed E-state index contributed by atoms with van der Waals surface area (Å²) in [5.74, 6) is 0.542. The highest BCUT2D eigenvalue weighted by molar-refractivity contribution is 7.89. The van der Waals surface area contributed by atoms with Gasteiger partial charge in [-0.1, -0.05) is 12.8 Å². The molecule has 0 spiro atoms. The van der Waals surface area contributed by atoms with Gasteiger partial charge in [-0.2, -0.15) is 4.31 Å². The van der Waals surface area contributed by atoms with E-state index in [1.54, 1.807) is 17.0 Å². The zero-order valence-corrected chi connectivity index (χ0v) is 16.1. The fourth-order valence-electron chi connectivity index (χ4n) is 2.98. The van der Waals surface area contributed by atoms with Crippen molar-refractivity contribution in [3.8, 4) is 5.75 Å². The molecule has 0 saturated carbocycles. The van der Waals surface area contributed by atoms with E-state index in [9.17, 15) is 13.2 Å². The molecule has 140 valence electrons. The number of benzene rings is 1. The second kappa shape index (κ2) is 8.67. The van der Waals surface area contributed by atoms with Crippen LogP contribution in [0.3, 0.4) is 0 Å². The highest BCUT2D eigenvalue weighted by Crippen LogP contribution is 2.23. The van der Waals surface area contributed by atoms with Crippen LogP contribution in [0.4, 0.5) is 0 Å². The van der Waals surface area contributed by atoms with Gasteiger partial charge in [0, 0.05) is 20.1 Å². The van der Waals surface area contributed by atoms with E-state index in [2.05, 4.69) is 0 Å². The zero-order chi connectivity index (χ0) is 18.4. The molecule has 0 aliphatic carbocycles. The average molecular weight is 368 g/mol. The van der Waals surface area contributed by atoms with Gasteiger partial charge in [-0.25, -0.2) is 8.42 Å². The summed E-state index contributed by atoms with van der Waals surface area (Å²) >= 11 is 0. The Morgan fingerprint density at radius 3 is 2.40 bits per heavy atom. The van der Waals surface area contributed by atoms with Crippen LogP contribution in [0, 0.1) is 6.92 Å². The highest BCUT2D eigenvalue weighted by atomic mass is 32.2. The highest BCUT2D eigenvalue weighted by Gasteiger charge is 2.26. The number of nitrogens with zero attached hydrogens (tertiary/aromatic N) is 2. The zero-order valence-electron chi connectivity index (χ0n) is 15.3.